The molecule has 1 amide bonds. The molecule has 2 aliphatic rings. The highest BCUT2D eigenvalue weighted by molar-refractivity contribution is 5.95. The fraction of sp³-hybridized carbons (Fsp3) is 0.353. The van der Waals surface area contributed by atoms with Crippen LogP contribution in [0.3, 0.4) is 0 Å². The van der Waals surface area contributed by atoms with Crippen LogP contribution in [-0.4, -0.2) is 27.0 Å². The van der Waals surface area contributed by atoms with Gasteiger partial charge in [-0.1, -0.05) is 18.2 Å². The summed E-state index contributed by atoms with van der Waals surface area (Å²) in [6, 6.07) is 11.7. The van der Waals surface area contributed by atoms with Crippen molar-refractivity contribution in [2.24, 2.45) is 5.84 Å². The standard InChI is InChI=1S/C17H19N5O/c18-19-16-10-13-14(20-21-16)9-12-7-4-8-15(13)22(12)17(23)11-5-2-1-3-6-11/h1-3,5-6,10,12,15H,4,7-9,18H2,(H,19,21). The van der Waals surface area contributed by atoms with Crippen molar-refractivity contribution < 1.29 is 4.79 Å². The van der Waals surface area contributed by atoms with E-state index in [9.17, 15) is 4.79 Å². The Morgan fingerprint density at radius 2 is 2.04 bits per heavy atom. The lowest BCUT2D eigenvalue weighted by Gasteiger charge is -2.46. The molecule has 2 unspecified atom stereocenters. The first-order chi connectivity index (χ1) is 11.3. The first kappa shape index (κ1) is 14.1. The van der Waals surface area contributed by atoms with Gasteiger partial charge in [-0.25, -0.2) is 5.84 Å². The number of carbonyl (C=O) groups excluding carboxylic acids is 1. The normalized spacial score (nSPS) is 22.4. The van der Waals surface area contributed by atoms with Crippen LogP contribution in [0.2, 0.25) is 0 Å². The molecule has 4 rings (SSSR count). The fourth-order valence-corrected chi connectivity index (χ4v) is 3.79. The molecule has 0 saturated carbocycles. The second-order valence-electron chi connectivity index (χ2n) is 6.16. The van der Waals surface area contributed by atoms with E-state index < -0.39 is 0 Å². The Labute approximate surface area is 134 Å². The Morgan fingerprint density at radius 3 is 2.83 bits per heavy atom. The summed E-state index contributed by atoms with van der Waals surface area (Å²) in [5, 5.41) is 8.38. The third kappa shape index (κ3) is 2.35. The molecule has 1 fully saturated rings. The maximum absolute atomic E-state index is 13.0. The van der Waals surface area contributed by atoms with Crippen molar-refractivity contribution in [3.63, 3.8) is 0 Å². The highest BCUT2D eigenvalue weighted by Crippen LogP contribution is 2.42. The van der Waals surface area contributed by atoms with E-state index in [0.717, 1.165) is 42.5 Å². The molecule has 2 bridgehead atoms. The highest BCUT2D eigenvalue weighted by atomic mass is 16.2. The number of piperidine rings is 1. The van der Waals surface area contributed by atoms with E-state index in [0.29, 0.717) is 5.82 Å². The Kier molecular flexibility index (Phi) is 3.46. The number of amides is 1. The average molecular weight is 309 g/mol. The molecular weight excluding hydrogens is 290 g/mol. The van der Waals surface area contributed by atoms with E-state index in [1.807, 2.05) is 41.3 Å². The third-order valence-corrected chi connectivity index (χ3v) is 4.84. The van der Waals surface area contributed by atoms with Crippen molar-refractivity contribution in [1.82, 2.24) is 15.1 Å². The van der Waals surface area contributed by atoms with Gasteiger partial charge in [0, 0.05) is 23.6 Å². The summed E-state index contributed by atoms with van der Waals surface area (Å²) in [7, 11) is 0. The SMILES string of the molecule is NNc1cc2c(nn1)CC1CCCC2N1C(=O)c1ccccc1. The zero-order valence-corrected chi connectivity index (χ0v) is 12.8. The molecule has 2 aliphatic heterocycles. The Bertz CT molecular complexity index is 733. The van der Waals surface area contributed by atoms with Crippen LogP contribution in [-0.2, 0) is 6.42 Å². The summed E-state index contributed by atoms with van der Waals surface area (Å²) in [4.78, 5) is 15.1. The maximum atomic E-state index is 13.0. The summed E-state index contributed by atoms with van der Waals surface area (Å²) in [5.74, 6) is 6.11. The van der Waals surface area contributed by atoms with E-state index in [1.54, 1.807) is 0 Å². The zero-order chi connectivity index (χ0) is 15.8. The van der Waals surface area contributed by atoms with Crippen LogP contribution < -0.4 is 11.3 Å². The van der Waals surface area contributed by atoms with Gasteiger partial charge in [0.05, 0.1) is 11.7 Å². The second kappa shape index (κ2) is 5.62. The minimum Gasteiger partial charge on any atom is -0.328 e. The molecule has 118 valence electrons. The van der Waals surface area contributed by atoms with Crippen LogP contribution in [0.1, 0.15) is 46.9 Å². The molecule has 0 aliphatic carbocycles. The van der Waals surface area contributed by atoms with Gasteiger partial charge in [-0.3, -0.25) is 4.79 Å². The quantitative estimate of drug-likeness (QED) is 0.655. The number of anilines is 1. The molecule has 23 heavy (non-hydrogen) atoms. The van der Waals surface area contributed by atoms with Gasteiger partial charge in [0.15, 0.2) is 5.82 Å². The topological polar surface area (TPSA) is 84.1 Å². The van der Waals surface area contributed by atoms with E-state index >= 15 is 0 Å². The zero-order valence-electron chi connectivity index (χ0n) is 12.8. The summed E-state index contributed by atoms with van der Waals surface area (Å²) >= 11 is 0. The van der Waals surface area contributed by atoms with Gasteiger partial charge in [-0.05, 0) is 37.5 Å². The van der Waals surface area contributed by atoms with E-state index in [1.165, 1.54) is 0 Å². The third-order valence-electron chi connectivity index (χ3n) is 4.84. The predicted molar refractivity (Wildman–Crippen MR) is 86.5 cm³/mol. The van der Waals surface area contributed by atoms with Crippen molar-refractivity contribution in [1.29, 1.82) is 0 Å². The van der Waals surface area contributed by atoms with Crippen LogP contribution >= 0.6 is 0 Å². The van der Waals surface area contributed by atoms with Crippen molar-refractivity contribution >= 4 is 11.7 Å². The van der Waals surface area contributed by atoms with Gasteiger partial charge in [-0.15, -0.1) is 5.10 Å². The smallest absolute Gasteiger partial charge is 0.254 e. The Morgan fingerprint density at radius 1 is 1.22 bits per heavy atom. The number of benzene rings is 1. The molecule has 3 heterocycles. The maximum Gasteiger partial charge on any atom is 0.254 e. The Hall–Kier alpha value is -2.47. The molecule has 6 nitrogen and oxygen atoms in total. The van der Waals surface area contributed by atoms with Gasteiger partial charge in [0.25, 0.3) is 5.91 Å². The second-order valence-corrected chi connectivity index (χ2v) is 6.16. The number of fused-ring (bicyclic) bond motifs is 4. The lowest BCUT2D eigenvalue weighted by Crippen LogP contribution is -2.50. The number of nitrogen functional groups attached to an aromatic ring is 1. The van der Waals surface area contributed by atoms with Gasteiger partial charge in [0.2, 0.25) is 0 Å². The van der Waals surface area contributed by atoms with E-state index in [-0.39, 0.29) is 18.0 Å². The molecule has 2 aromatic rings. The molecule has 0 radical (unpaired) electrons. The van der Waals surface area contributed by atoms with Gasteiger partial charge in [-0.2, -0.15) is 5.10 Å². The first-order valence-corrected chi connectivity index (χ1v) is 7.99. The summed E-state index contributed by atoms with van der Waals surface area (Å²) < 4.78 is 0. The van der Waals surface area contributed by atoms with Gasteiger partial charge in [0.1, 0.15) is 0 Å². The van der Waals surface area contributed by atoms with Gasteiger partial charge < -0.3 is 10.3 Å². The largest absolute Gasteiger partial charge is 0.328 e. The molecule has 6 heteroatoms. The van der Waals surface area contributed by atoms with Crippen LogP contribution in [0.25, 0.3) is 0 Å². The first-order valence-electron chi connectivity index (χ1n) is 7.99. The summed E-state index contributed by atoms with van der Waals surface area (Å²) in [6.07, 6.45) is 3.87. The van der Waals surface area contributed by atoms with Gasteiger partial charge >= 0.3 is 0 Å². The highest BCUT2D eigenvalue weighted by Gasteiger charge is 2.41. The van der Waals surface area contributed by atoms with Crippen molar-refractivity contribution in [3.8, 4) is 0 Å². The fourth-order valence-electron chi connectivity index (χ4n) is 3.79. The number of nitrogens with one attached hydrogen (secondary N) is 1. The number of nitrogens with zero attached hydrogens (tertiary/aromatic N) is 3. The number of hydrogen-bond acceptors (Lipinski definition) is 5. The minimum atomic E-state index is 0.0628. The number of carbonyl (C=O) groups is 1. The number of hydrogen-bond donors (Lipinski definition) is 2. The van der Waals surface area contributed by atoms with Crippen LogP contribution in [0.5, 0.6) is 0 Å². The minimum absolute atomic E-state index is 0.0628. The molecule has 2 atom stereocenters. The summed E-state index contributed by atoms with van der Waals surface area (Å²) in [5.41, 5.74) is 5.37. The van der Waals surface area contributed by atoms with E-state index in [2.05, 4.69) is 15.6 Å². The molecule has 3 N–H and O–H groups in total. The van der Waals surface area contributed by atoms with E-state index in [4.69, 9.17) is 5.84 Å². The molecule has 1 aromatic heterocycles. The predicted octanol–water partition coefficient (Wildman–Crippen LogP) is 2.05. The van der Waals surface area contributed by atoms with Crippen molar-refractivity contribution in [2.75, 3.05) is 5.43 Å². The number of hydrazine groups is 1. The average Bonchev–Trinajstić information content (AvgIpc) is 2.61. The number of rotatable bonds is 2. The monoisotopic (exact) mass is 309 g/mol. The molecular formula is C17H19N5O. The lowest BCUT2D eigenvalue weighted by atomic mass is 9.82. The Balaban J connectivity index is 1.75. The number of aromatic nitrogens is 2. The van der Waals surface area contributed by atoms with Crippen LogP contribution in [0.15, 0.2) is 36.4 Å². The van der Waals surface area contributed by atoms with Crippen molar-refractivity contribution in [2.45, 2.75) is 37.8 Å². The lowest BCUT2D eigenvalue weighted by molar-refractivity contribution is 0.0394. The molecule has 1 aromatic carbocycles. The number of nitrogens with two attached hydrogens (primary N) is 1. The van der Waals surface area contributed by atoms with Crippen molar-refractivity contribution in [3.05, 3.63) is 53.2 Å². The molecule has 1 saturated heterocycles. The summed E-state index contributed by atoms with van der Waals surface area (Å²) in [6.45, 7) is 0. The van der Waals surface area contributed by atoms with Crippen LogP contribution in [0, 0.1) is 0 Å². The van der Waals surface area contributed by atoms with Crippen LogP contribution in [0.4, 0.5) is 5.82 Å². The molecule has 0 spiro atoms.